The normalized spacial score (nSPS) is 30.4. The van der Waals surface area contributed by atoms with Crippen molar-refractivity contribution in [3.05, 3.63) is 0 Å². The predicted molar refractivity (Wildman–Crippen MR) is 67.0 cm³/mol. The number of aliphatic hydroxyl groups excluding tert-OH is 1. The van der Waals surface area contributed by atoms with E-state index >= 15 is 0 Å². The highest BCUT2D eigenvalue weighted by Gasteiger charge is 2.68. The molecule has 2 rings (SSSR count). The zero-order valence-electron chi connectivity index (χ0n) is 11.7. The van der Waals surface area contributed by atoms with Crippen LogP contribution in [-0.2, 0) is 4.79 Å². The van der Waals surface area contributed by atoms with E-state index in [2.05, 4.69) is 5.32 Å². The van der Waals surface area contributed by atoms with Crippen molar-refractivity contribution in [1.29, 1.82) is 0 Å². The zero-order chi connectivity index (χ0) is 15.1. The van der Waals surface area contributed by atoms with Crippen LogP contribution in [-0.4, -0.2) is 53.4 Å². The molecule has 2 unspecified atom stereocenters. The van der Waals surface area contributed by atoms with Crippen LogP contribution < -0.4 is 5.32 Å². The Morgan fingerprint density at radius 2 is 2.00 bits per heavy atom. The topological polar surface area (TPSA) is 52.6 Å². The minimum absolute atomic E-state index is 0.150. The smallest absolute Gasteiger partial charge is 0.390 e. The predicted octanol–water partition coefficient (Wildman–Crippen LogP) is 1.29. The molecule has 1 amide bonds. The van der Waals surface area contributed by atoms with Crippen LogP contribution in [0.1, 0.15) is 33.1 Å². The number of piperidine rings is 1. The van der Waals surface area contributed by atoms with Crippen LogP contribution in [0.4, 0.5) is 13.2 Å². The number of hydrogen-bond acceptors (Lipinski definition) is 3. The molecule has 0 aromatic carbocycles. The van der Waals surface area contributed by atoms with Crippen molar-refractivity contribution in [3.8, 4) is 0 Å². The van der Waals surface area contributed by atoms with Crippen molar-refractivity contribution in [1.82, 2.24) is 10.2 Å². The number of β-amino-alcohol motifs (C(OH)–C–C–N with tert-alkyl or cyclic N) is 1. The summed E-state index contributed by atoms with van der Waals surface area (Å²) in [5.74, 6) is -0.980. The first-order valence-corrected chi connectivity index (χ1v) is 6.97. The Morgan fingerprint density at radius 1 is 1.40 bits per heavy atom. The van der Waals surface area contributed by atoms with E-state index in [-0.39, 0.29) is 18.9 Å². The molecular weight excluding hydrogens is 273 g/mol. The maximum atomic E-state index is 12.8. The second-order valence-corrected chi connectivity index (χ2v) is 6.10. The van der Waals surface area contributed by atoms with Gasteiger partial charge in [0.25, 0.3) is 0 Å². The molecule has 0 aromatic heterocycles. The molecule has 1 aliphatic carbocycles. The van der Waals surface area contributed by atoms with Crippen LogP contribution in [0.3, 0.4) is 0 Å². The van der Waals surface area contributed by atoms with E-state index in [1.54, 1.807) is 0 Å². The molecule has 2 fully saturated rings. The number of nitrogens with one attached hydrogen (secondary N) is 1. The Balaban J connectivity index is 1.93. The van der Waals surface area contributed by atoms with E-state index in [9.17, 15) is 23.1 Å². The first kappa shape index (κ1) is 15.6. The number of rotatable bonds is 3. The first-order valence-electron chi connectivity index (χ1n) is 6.97. The highest BCUT2D eigenvalue weighted by Crippen LogP contribution is 2.57. The van der Waals surface area contributed by atoms with Gasteiger partial charge in [0.15, 0.2) is 0 Å². The van der Waals surface area contributed by atoms with Gasteiger partial charge in [0, 0.05) is 19.1 Å². The molecule has 2 aliphatic rings. The lowest BCUT2D eigenvalue weighted by Gasteiger charge is -2.38. The second kappa shape index (κ2) is 5.18. The highest BCUT2D eigenvalue weighted by molar-refractivity contribution is 5.86. The molecule has 0 spiro atoms. The molecule has 1 heterocycles. The molecule has 1 saturated heterocycles. The van der Waals surface area contributed by atoms with E-state index in [1.165, 1.54) is 0 Å². The lowest BCUT2D eigenvalue weighted by atomic mass is 9.98. The molecule has 1 saturated carbocycles. The van der Waals surface area contributed by atoms with Gasteiger partial charge in [0.2, 0.25) is 5.91 Å². The average Bonchev–Trinajstić information content (AvgIpc) is 3.11. The molecule has 20 heavy (non-hydrogen) atoms. The fourth-order valence-corrected chi connectivity index (χ4v) is 2.66. The fourth-order valence-electron chi connectivity index (χ4n) is 2.66. The summed E-state index contributed by atoms with van der Waals surface area (Å²) >= 11 is 0. The number of carbonyl (C=O) groups excluding carboxylic acids is 1. The van der Waals surface area contributed by atoms with Crippen molar-refractivity contribution in [2.24, 2.45) is 5.41 Å². The quantitative estimate of drug-likeness (QED) is 0.824. The van der Waals surface area contributed by atoms with Gasteiger partial charge in [0.1, 0.15) is 5.41 Å². The molecular formula is C13H21F3N2O2. The van der Waals surface area contributed by atoms with Crippen LogP contribution in [0, 0.1) is 5.41 Å². The third kappa shape index (κ3) is 2.79. The number of nitrogens with zero attached hydrogens (tertiary/aromatic N) is 1. The third-order valence-corrected chi connectivity index (χ3v) is 4.39. The second-order valence-electron chi connectivity index (χ2n) is 6.10. The minimum atomic E-state index is -4.50. The van der Waals surface area contributed by atoms with E-state index < -0.39 is 29.6 Å². The maximum absolute atomic E-state index is 12.8. The third-order valence-electron chi connectivity index (χ3n) is 4.39. The number of carbonyl (C=O) groups is 1. The Morgan fingerprint density at radius 3 is 2.40 bits per heavy atom. The lowest BCUT2D eigenvalue weighted by molar-refractivity contribution is -0.193. The van der Waals surface area contributed by atoms with Crippen molar-refractivity contribution in [2.45, 2.75) is 57.5 Å². The van der Waals surface area contributed by atoms with Gasteiger partial charge in [-0.1, -0.05) is 0 Å². The van der Waals surface area contributed by atoms with Crippen LogP contribution >= 0.6 is 0 Å². The number of alkyl halides is 3. The summed E-state index contributed by atoms with van der Waals surface area (Å²) in [6, 6.07) is -0.316. The van der Waals surface area contributed by atoms with Gasteiger partial charge in [-0.15, -0.1) is 0 Å². The van der Waals surface area contributed by atoms with Crippen molar-refractivity contribution >= 4 is 5.91 Å². The van der Waals surface area contributed by atoms with Gasteiger partial charge in [-0.3, -0.25) is 9.69 Å². The molecule has 0 radical (unpaired) electrons. The summed E-state index contributed by atoms with van der Waals surface area (Å²) in [7, 11) is 0. The van der Waals surface area contributed by atoms with E-state index in [4.69, 9.17) is 0 Å². The number of likely N-dealkylation sites (tertiary alicyclic amines) is 1. The summed E-state index contributed by atoms with van der Waals surface area (Å²) < 4.78 is 38.5. The molecule has 0 aromatic rings. The number of amides is 1. The van der Waals surface area contributed by atoms with Gasteiger partial charge in [-0.05, 0) is 33.1 Å². The largest absolute Gasteiger partial charge is 0.403 e. The molecule has 2 N–H and O–H groups in total. The van der Waals surface area contributed by atoms with Crippen molar-refractivity contribution < 1.29 is 23.1 Å². The fraction of sp³-hybridized carbons (Fsp3) is 0.923. The summed E-state index contributed by atoms with van der Waals surface area (Å²) in [6.45, 7) is 5.03. The Kier molecular flexibility index (Phi) is 4.03. The molecule has 4 nitrogen and oxygen atoms in total. The molecule has 1 aliphatic heterocycles. The van der Waals surface area contributed by atoms with Crippen LogP contribution in [0.5, 0.6) is 0 Å². The Bertz CT molecular complexity index is 380. The molecule has 2 atom stereocenters. The molecule has 0 bridgehead atoms. The zero-order valence-corrected chi connectivity index (χ0v) is 11.7. The van der Waals surface area contributed by atoms with Gasteiger partial charge in [-0.25, -0.2) is 0 Å². The maximum Gasteiger partial charge on any atom is 0.403 e. The van der Waals surface area contributed by atoms with Gasteiger partial charge < -0.3 is 10.4 Å². The van der Waals surface area contributed by atoms with Crippen LogP contribution in [0.25, 0.3) is 0 Å². The van der Waals surface area contributed by atoms with Gasteiger partial charge in [0.05, 0.1) is 12.1 Å². The monoisotopic (exact) mass is 294 g/mol. The number of hydrogen-bond donors (Lipinski definition) is 2. The standard InChI is InChI=1S/C13H21F3N2O2/c1-8(2)18-6-3-9(10(19)7-18)17-11(20)12(4-5-12)13(14,15)16/h8-10,19H,3-7H2,1-2H3,(H,17,20). The summed E-state index contributed by atoms with van der Waals surface area (Å²) in [5.41, 5.74) is -2.21. The average molecular weight is 294 g/mol. The number of halogens is 3. The SMILES string of the molecule is CC(C)N1CCC(NC(=O)C2(C(F)(F)F)CC2)C(O)C1. The first-order chi connectivity index (χ1) is 9.17. The van der Waals surface area contributed by atoms with E-state index in [1.807, 2.05) is 18.7 Å². The Labute approximate surface area is 116 Å². The van der Waals surface area contributed by atoms with Crippen molar-refractivity contribution in [2.75, 3.05) is 13.1 Å². The van der Waals surface area contributed by atoms with Crippen LogP contribution in [0.2, 0.25) is 0 Å². The summed E-state index contributed by atoms with van der Waals surface area (Å²) in [5, 5.41) is 12.4. The number of aliphatic hydroxyl groups is 1. The highest BCUT2D eigenvalue weighted by atomic mass is 19.4. The summed E-state index contributed by atoms with van der Waals surface area (Å²) in [4.78, 5) is 13.9. The van der Waals surface area contributed by atoms with Gasteiger partial charge in [-0.2, -0.15) is 13.2 Å². The lowest BCUT2D eigenvalue weighted by Crippen LogP contribution is -2.57. The molecule has 116 valence electrons. The van der Waals surface area contributed by atoms with Crippen molar-refractivity contribution in [3.63, 3.8) is 0 Å². The van der Waals surface area contributed by atoms with E-state index in [0.717, 1.165) is 0 Å². The summed E-state index contributed by atoms with van der Waals surface area (Å²) in [6.07, 6.45) is -5.15. The minimum Gasteiger partial charge on any atom is -0.390 e. The van der Waals surface area contributed by atoms with Crippen LogP contribution in [0.15, 0.2) is 0 Å². The van der Waals surface area contributed by atoms with Gasteiger partial charge >= 0.3 is 6.18 Å². The molecule has 7 heteroatoms. The Hall–Kier alpha value is -0.820. The van der Waals surface area contributed by atoms with E-state index in [0.29, 0.717) is 19.5 Å².